The molecule has 0 saturated carbocycles. The van der Waals surface area contributed by atoms with E-state index in [4.69, 9.17) is 4.42 Å². The van der Waals surface area contributed by atoms with Gasteiger partial charge in [-0.15, -0.1) is 10.2 Å². The topological polar surface area (TPSA) is 76.2 Å². The van der Waals surface area contributed by atoms with E-state index >= 15 is 0 Å². The monoisotopic (exact) mass is 479 g/mol. The summed E-state index contributed by atoms with van der Waals surface area (Å²) in [5.41, 5.74) is 0.370. The molecule has 0 atom stereocenters. The molecule has 1 saturated heterocycles. The summed E-state index contributed by atoms with van der Waals surface area (Å²) >= 11 is 1.66. The number of rotatable bonds is 9. The zero-order valence-corrected chi connectivity index (χ0v) is 18.9. The van der Waals surface area contributed by atoms with Crippen LogP contribution in [0.1, 0.15) is 25.0 Å². The summed E-state index contributed by atoms with van der Waals surface area (Å²) in [5.74, 6) is -1.25. The van der Waals surface area contributed by atoms with Gasteiger partial charge >= 0.3 is 0 Å². The van der Waals surface area contributed by atoms with Gasteiger partial charge in [0.15, 0.2) is 5.16 Å². The van der Waals surface area contributed by atoms with Gasteiger partial charge < -0.3 is 14.6 Å². The van der Waals surface area contributed by atoms with Crippen molar-refractivity contribution < 1.29 is 18.0 Å². The summed E-state index contributed by atoms with van der Waals surface area (Å²) in [5, 5.41) is 12.0. The lowest BCUT2D eigenvalue weighted by Gasteiger charge is -2.27. The Morgan fingerprint density at radius 1 is 1.12 bits per heavy atom. The summed E-state index contributed by atoms with van der Waals surface area (Å²) in [7, 11) is 0. The molecule has 11 heteroatoms. The van der Waals surface area contributed by atoms with E-state index in [0.29, 0.717) is 34.0 Å². The van der Waals surface area contributed by atoms with Crippen molar-refractivity contribution >= 4 is 41.1 Å². The third kappa shape index (κ3) is 5.83. The lowest BCUT2D eigenvalue weighted by atomic mass is 10.1. The number of para-hydroxylation sites is 1. The molecule has 0 bridgehead atoms. The van der Waals surface area contributed by atoms with Crippen LogP contribution in [0.3, 0.4) is 0 Å². The molecule has 1 aliphatic rings. The minimum atomic E-state index is -2.56. The Bertz CT molecular complexity index is 1020. The van der Waals surface area contributed by atoms with Crippen LogP contribution in [0.4, 0.5) is 20.4 Å². The lowest BCUT2D eigenvalue weighted by molar-refractivity contribution is -0.113. The number of furan rings is 1. The van der Waals surface area contributed by atoms with Crippen molar-refractivity contribution in [2.45, 2.75) is 41.6 Å². The Morgan fingerprint density at radius 3 is 2.69 bits per heavy atom. The van der Waals surface area contributed by atoms with Crippen molar-refractivity contribution in [3.63, 3.8) is 0 Å². The maximum Gasteiger partial charge on any atom is 0.288 e. The number of alkyl halides is 2. The van der Waals surface area contributed by atoms with Gasteiger partial charge in [-0.05, 0) is 43.5 Å². The lowest BCUT2D eigenvalue weighted by Crippen LogP contribution is -2.32. The molecule has 7 nitrogen and oxygen atoms in total. The number of piperidine rings is 1. The van der Waals surface area contributed by atoms with Gasteiger partial charge in [-0.3, -0.25) is 9.36 Å². The smallest absolute Gasteiger partial charge is 0.288 e. The number of nitrogens with zero attached hydrogens (tertiary/aromatic N) is 4. The number of amides is 1. The molecule has 0 aliphatic carbocycles. The highest BCUT2D eigenvalue weighted by molar-refractivity contribution is 8.00. The van der Waals surface area contributed by atoms with Crippen LogP contribution in [0, 0.1) is 0 Å². The number of aromatic nitrogens is 3. The van der Waals surface area contributed by atoms with Crippen LogP contribution in [0.5, 0.6) is 0 Å². The molecular weight excluding hydrogens is 456 g/mol. The molecule has 1 N–H and O–H groups in total. The minimum Gasteiger partial charge on any atom is -0.467 e. The fraction of sp³-hybridized carbons (Fsp3) is 0.381. The number of carbonyl (C=O) groups is 1. The summed E-state index contributed by atoms with van der Waals surface area (Å²) in [6.45, 7) is 2.30. The zero-order chi connectivity index (χ0) is 22.3. The molecule has 0 spiro atoms. The van der Waals surface area contributed by atoms with Gasteiger partial charge in [-0.1, -0.05) is 35.7 Å². The maximum absolute atomic E-state index is 12.8. The second-order valence-corrected chi connectivity index (χ2v) is 9.18. The number of anilines is 2. The van der Waals surface area contributed by atoms with Crippen molar-refractivity contribution in [1.82, 2.24) is 14.8 Å². The minimum absolute atomic E-state index is 0.0734. The van der Waals surface area contributed by atoms with E-state index in [2.05, 4.69) is 20.4 Å². The van der Waals surface area contributed by atoms with E-state index < -0.39 is 5.76 Å². The van der Waals surface area contributed by atoms with Crippen molar-refractivity contribution in [2.75, 3.05) is 29.1 Å². The van der Waals surface area contributed by atoms with E-state index in [9.17, 15) is 13.6 Å². The highest BCUT2D eigenvalue weighted by Gasteiger charge is 2.22. The highest BCUT2D eigenvalue weighted by atomic mass is 32.2. The normalized spacial score (nSPS) is 14.2. The molecule has 2 aromatic heterocycles. The molecular formula is C21H23F2N5O2S2. The first-order valence-corrected chi connectivity index (χ1v) is 12.1. The fourth-order valence-corrected chi connectivity index (χ4v) is 4.83. The quantitative estimate of drug-likeness (QED) is 0.435. The van der Waals surface area contributed by atoms with E-state index in [1.54, 1.807) is 30.5 Å². The number of halogens is 2. The first kappa shape index (κ1) is 22.7. The van der Waals surface area contributed by atoms with Crippen LogP contribution in [0.2, 0.25) is 0 Å². The van der Waals surface area contributed by atoms with Gasteiger partial charge in [-0.2, -0.15) is 8.78 Å². The maximum atomic E-state index is 12.8. The molecule has 0 radical (unpaired) electrons. The van der Waals surface area contributed by atoms with Gasteiger partial charge in [0.2, 0.25) is 11.9 Å². The Hall–Kier alpha value is -2.53. The van der Waals surface area contributed by atoms with Crippen molar-refractivity contribution in [3.05, 3.63) is 48.4 Å². The van der Waals surface area contributed by atoms with Crippen molar-refractivity contribution in [2.24, 2.45) is 0 Å². The second-order valence-electron chi connectivity index (χ2n) is 7.21. The highest BCUT2D eigenvalue weighted by Crippen LogP contribution is 2.32. The predicted molar refractivity (Wildman–Crippen MR) is 122 cm³/mol. The van der Waals surface area contributed by atoms with Gasteiger partial charge in [0, 0.05) is 18.0 Å². The summed E-state index contributed by atoms with van der Waals surface area (Å²) in [4.78, 5) is 15.1. The molecule has 3 heterocycles. The van der Waals surface area contributed by atoms with Crippen LogP contribution >= 0.6 is 23.5 Å². The largest absolute Gasteiger partial charge is 0.467 e. The molecule has 4 rings (SSSR count). The Kier molecular flexibility index (Phi) is 7.69. The standard InChI is InChI=1S/C21H23F2N5O2S2/c22-19(23)32-17-9-3-2-8-16(17)24-18(29)14-31-21-26-25-20(27-10-4-1-5-11-27)28(21)13-15-7-6-12-30-15/h2-3,6-9,12,19H,1,4-5,10-11,13-14H2,(H,24,29). The molecule has 1 aromatic carbocycles. The Morgan fingerprint density at radius 2 is 1.94 bits per heavy atom. The first-order chi connectivity index (χ1) is 15.6. The van der Waals surface area contributed by atoms with Gasteiger partial charge in [-0.25, -0.2) is 0 Å². The van der Waals surface area contributed by atoms with Crippen LogP contribution in [0.25, 0.3) is 0 Å². The van der Waals surface area contributed by atoms with Crippen molar-refractivity contribution in [3.8, 4) is 0 Å². The van der Waals surface area contributed by atoms with Gasteiger partial charge in [0.1, 0.15) is 5.76 Å². The average Bonchev–Trinajstić information content (AvgIpc) is 3.44. The van der Waals surface area contributed by atoms with E-state index in [0.717, 1.165) is 37.6 Å². The predicted octanol–water partition coefficient (Wildman–Crippen LogP) is 4.96. The van der Waals surface area contributed by atoms with Crippen LogP contribution in [0.15, 0.2) is 57.1 Å². The Balaban J connectivity index is 1.46. The summed E-state index contributed by atoms with van der Waals surface area (Å²) in [6, 6.07) is 10.2. The molecule has 32 heavy (non-hydrogen) atoms. The zero-order valence-electron chi connectivity index (χ0n) is 17.2. The number of thioether (sulfide) groups is 2. The van der Waals surface area contributed by atoms with E-state index in [1.807, 2.05) is 16.7 Å². The molecule has 1 amide bonds. The van der Waals surface area contributed by atoms with Gasteiger partial charge in [0.05, 0.1) is 24.2 Å². The number of nitrogens with one attached hydrogen (secondary N) is 1. The SMILES string of the molecule is O=C(CSc1nnc(N2CCCCC2)n1Cc1ccco1)Nc1ccccc1SC(F)F. The summed E-state index contributed by atoms with van der Waals surface area (Å²) in [6.07, 6.45) is 5.04. The van der Waals surface area contributed by atoms with Crippen LogP contribution < -0.4 is 10.2 Å². The molecule has 1 fully saturated rings. The summed E-state index contributed by atoms with van der Waals surface area (Å²) < 4.78 is 33.0. The molecule has 170 valence electrons. The number of benzene rings is 1. The van der Waals surface area contributed by atoms with Crippen LogP contribution in [-0.2, 0) is 11.3 Å². The third-order valence-electron chi connectivity index (χ3n) is 4.94. The van der Waals surface area contributed by atoms with Crippen molar-refractivity contribution in [1.29, 1.82) is 0 Å². The van der Waals surface area contributed by atoms with Crippen LogP contribution in [-0.4, -0.2) is 45.3 Å². The fourth-order valence-electron chi connectivity index (χ4n) is 3.50. The van der Waals surface area contributed by atoms with E-state index in [1.165, 1.54) is 18.2 Å². The number of hydrogen-bond acceptors (Lipinski definition) is 7. The molecule has 1 aliphatic heterocycles. The number of hydrogen-bond donors (Lipinski definition) is 1. The average molecular weight is 480 g/mol. The first-order valence-electron chi connectivity index (χ1n) is 10.3. The molecule has 0 unspecified atom stereocenters. The second kappa shape index (κ2) is 10.9. The third-order valence-corrected chi connectivity index (χ3v) is 6.69. The molecule has 3 aromatic rings. The van der Waals surface area contributed by atoms with Gasteiger partial charge in [0.25, 0.3) is 5.76 Å². The Labute approximate surface area is 192 Å². The number of carbonyl (C=O) groups excluding carboxylic acids is 1. The van der Waals surface area contributed by atoms with E-state index in [-0.39, 0.29) is 11.7 Å².